The molecule has 1 unspecified atom stereocenters. The second-order valence-corrected chi connectivity index (χ2v) is 21.1. The summed E-state index contributed by atoms with van der Waals surface area (Å²) in [5.74, 6) is -1.27. The molecular formula is C48H56FN3O9S. The maximum atomic E-state index is 15.2. The highest BCUT2D eigenvalue weighted by molar-refractivity contribution is 7.90. The van der Waals surface area contributed by atoms with E-state index in [0.717, 1.165) is 24.6 Å². The Bertz CT molecular complexity index is 2390. The molecule has 1 saturated heterocycles. The number of carbonyl (C=O) groups is 4. The van der Waals surface area contributed by atoms with Gasteiger partial charge in [0.2, 0.25) is 27.7 Å². The van der Waals surface area contributed by atoms with E-state index in [4.69, 9.17) is 19.2 Å². The fraction of sp³-hybridized carbons (Fsp3) is 0.562. The van der Waals surface area contributed by atoms with Crippen molar-refractivity contribution in [3.8, 4) is 22.9 Å². The number of ketones is 1. The third kappa shape index (κ3) is 8.85. The van der Waals surface area contributed by atoms with E-state index in [1.165, 1.54) is 23.5 Å². The zero-order valence-corrected chi connectivity index (χ0v) is 36.4. The molecule has 4 aliphatic carbocycles. The van der Waals surface area contributed by atoms with Crippen LogP contribution in [0.5, 0.6) is 11.6 Å². The number of aromatic nitrogens is 1. The first-order valence-electron chi connectivity index (χ1n) is 22.4. The van der Waals surface area contributed by atoms with Gasteiger partial charge in [-0.05, 0) is 141 Å². The molecule has 0 spiro atoms. The number of nitrogens with one attached hydrogen (secondary N) is 1. The molecule has 3 heterocycles. The number of methoxy groups -OCH3 is 1. The Balaban J connectivity index is 1.05. The molecule has 6 aliphatic rings. The number of carbonyl (C=O) groups excluding carboxylic acids is 4. The number of amides is 2. The van der Waals surface area contributed by atoms with Gasteiger partial charge in [0.15, 0.2) is 5.78 Å². The van der Waals surface area contributed by atoms with Crippen molar-refractivity contribution in [2.45, 2.75) is 114 Å². The largest absolute Gasteiger partial charge is 0.497 e. The van der Waals surface area contributed by atoms with E-state index in [0.29, 0.717) is 66.3 Å². The number of hydrogen-bond acceptors (Lipinski definition) is 10. The van der Waals surface area contributed by atoms with Crippen LogP contribution in [0.3, 0.4) is 0 Å². The van der Waals surface area contributed by atoms with Crippen LogP contribution >= 0.6 is 0 Å². The van der Waals surface area contributed by atoms with Gasteiger partial charge in [-0.3, -0.25) is 23.9 Å². The number of nitrogens with zero attached hydrogens (tertiary/aromatic N) is 2. The van der Waals surface area contributed by atoms with Crippen LogP contribution in [0, 0.1) is 46.7 Å². The monoisotopic (exact) mass is 869 g/mol. The Morgan fingerprint density at radius 1 is 0.952 bits per heavy atom. The number of fused-ring (bicyclic) bond motifs is 4. The van der Waals surface area contributed by atoms with Gasteiger partial charge in [0.05, 0.1) is 48.4 Å². The molecule has 2 amide bonds. The van der Waals surface area contributed by atoms with Crippen LogP contribution in [-0.2, 0) is 33.9 Å². The third-order valence-corrected chi connectivity index (χ3v) is 16.3. The van der Waals surface area contributed by atoms with Gasteiger partial charge in [-0.15, -0.1) is 0 Å². The first kappa shape index (κ1) is 42.5. The van der Waals surface area contributed by atoms with E-state index in [9.17, 15) is 27.2 Å². The van der Waals surface area contributed by atoms with Crippen LogP contribution < -0.4 is 14.2 Å². The molecule has 12 nitrogen and oxygen atoms in total. The number of Topliss-reactive ketones (excluding diaryl/α,β-unsaturated/α-hetero) is 1. The van der Waals surface area contributed by atoms with E-state index in [-0.39, 0.29) is 73.1 Å². The van der Waals surface area contributed by atoms with Crippen molar-refractivity contribution in [1.82, 2.24) is 14.6 Å². The Hall–Kier alpha value is -4.85. The molecule has 4 saturated carbocycles. The highest BCUT2D eigenvalue weighted by Gasteiger charge is 2.62. The fourth-order valence-electron chi connectivity index (χ4n) is 10.5. The van der Waals surface area contributed by atoms with Crippen molar-refractivity contribution >= 4 is 44.4 Å². The lowest BCUT2D eigenvalue weighted by Gasteiger charge is -2.32. The van der Waals surface area contributed by atoms with E-state index >= 15 is 4.79 Å². The predicted octanol–water partition coefficient (Wildman–Crippen LogP) is 7.33. The molecule has 330 valence electrons. The summed E-state index contributed by atoms with van der Waals surface area (Å²) in [6, 6.07) is 12.3. The van der Waals surface area contributed by atoms with Gasteiger partial charge in [-0.2, -0.15) is 0 Å². The highest BCUT2D eigenvalue weighted by Crippen LogP contribution is 2.57. The van der Waals surface area contributed by atoms with Crippen LogP contribution in [0.15, 0.2) is 60.7 Å². The summed E-state index contributed by atoms with van der Waals surface area (Å²) in [4.78, 5) is 64.1. The summed E-state index contributed by atoms with van der Waals surface area (Å²) < 4.78 is 60.6. The Kier molecular flexibility index (Phi) is 11.4. The number of ether oxygens (including phenoxy) is 3. The van der Waals surface area contributed by atoms with Crippen molar-refractivity contribution in [3.05, 3.63) is 66.5 Å². The number of pyridine rings is 1. The number of esters is 1. The zero-order chi connectivity index (χ0) is 43.5. The number of halogens is 1. The smallest absolute Gasteiger partial charge is 0.306 e. The van der Waals surface area contributed by atoms with E-state index in [1.54, 1.807) is 25.3 Å². The molecule has 14 heteroatoms. The Labute approximate surface area is 362 Å². The lowest BCUT2D eigenvalue weighted by molar-refractivity contribution is -0.155. The molecule has 9 rings (SSSR count). The molecule has 0 bridgehead atoms. The SMILES string of the molecule is COc1ccc2c(O[C@@H]3C[C@H]4C(=O)C[C@]5(C(=O)NS(=O)(=O)C6CC6)C[C@H]5/C=C\CC[C@@H](C)C[C@@H](C)[C@H](CC(=O)OC5C[C@@H]6C[C@@H]6C5)C(=O)N4C3)nc(-c3ccc(F)cc3)cc2c1. The van der Waals surface area contributed by atoms with Crippen molar-refractivity contribution in [2.24, 2.45) is 40.9 Å². The van der Waals surface area contributed by atoms with E-state index in [1.807, 2.05) is 37.3 Å². The summed E-state index contributed by atoms with van der Waals surface area (Å²) in [5, 5.41) is 0.788. The maximum absolute atomic E-state index is 15.2. The zero-order valence-electron chi connectivity index (χ0n) is 35.6. The molecule has 62 heavy (non-hydrogen) atoms. The van der Waals surface area contributed by atoms with Crippen molar-refractivity contribution in [2.75, 3.05) is 13.7 Å². The van der Waals surface area contributed by atoms with Crippen LogP contribution in [0.2, 0.25) is 0 Å². The minimum Gasteiger partial charge on any atom is -0.497 e. The molecule has 3 aromatic rings. The first-order valence-corrected chi connectivity index (χ1v) is 23.9. The quantitative estimate of drug-likeness (QED) is 0.162. The molecule has 2 aliphatic heterocycles. The Morgan fingerprint density at radius 3 is 2.44 bits per heavy atom. The molecule has 10 atom stereocenters. The fourth-order valence-corrected chi connectivity index (χ4v) is 11.9. The lowest BCUT2D eigenvalue weighted by atomic mass is 9.82. The summed E-state index contributed by atoms with van der Waals surface area (Å²) in [6.45, 7) is 4.13. The van der Waals surface area contributed by atoms with Crippen molar-refractivity contribution in [1.29, 1.82) is 0 Å². The van der Waals surface area contributed by atoms with Gasteiger partial charge in [-0.1, -0.05) is 26.0 Å². The van der Waals surface area contributed by atoms with Gasteiger partial charge in [0.1, 0.15) is 23.8 Å². The van der Waals surface area contributed by atoms with Gasteiger partial charge < -0.3 is 19.1 Å². The third-order valence-electron chi connectivity index (χ3n) is 14.5. The van der Waals surface area contributed by atoms with Crippen LogP contribution in [-0.4, -0.2) is 79.0 Å². The van der Waals surface area contributed by atoms with Crippen molar-refractivity contribution < 1.29 is 46.2 Å². The number of allylic oxidation sites excluding steroid dienone is 2. The Morgan fingerprint density at radius 2 is 1.71 bits per heavy atom. The summed E-state index contributed by atoms with van der Waals surface area (Å²) in [7, 11) is -2.32. The van der Waals surface area contributed by atoms with Crippen LogP contribution in [0.25, 0.3) is 22.0 Å². The number of benzene rings is 2. The average Bonchev–Trinajstić information content (AvgIpc) is 4.20. The molecule has 1 aromatic heterocycles. The highest BCUT2D eigenvalue weighted by atomic mass is 32.2. The van der Waals surface area contributed by atoms with Gasteiger partial charge in [-0.25, -0.2) is 17.8 Å². The summed E-state index contributed by atoms with van der Waals surface area (Å²) >= 11 is 0. The minimum absolute atomic E-state index is 0.00768. The predicted molar refractivity (Wildman–Crippen MR) is 229 cm³/mol. The lowest BCUT2D eigenvalue weighted by Crippen LogP contribution is -2.47. The first-order chi connectivity index (χ1) is 29.7. The maximum Gasteiger partial charge on any atom is 0.306 e. The van der Waals surface area contributed by atoms with E-state index < -0.39 is 50.6 Å². The average molecular weight is 870 g/mol. The molecule has 2 aromatic carbocycles. The number of rotatable bonds is 10. The second-order valence-electron chi connectivity index (χ2n) is 19.1. The number of hydrogen-bond donors (Lipinski definition) is 1. The number of sulfonamides is 1. The minimum atomic E-state index is -3.89. The van der Waals surface area contributed by atoms with Gasteiger partial charge in [0, 0.05) is 23.8 Å². The molecule has 0 radical (unpaired) electrons. The second kappa shape index (κ2) is 16.7. The van der Waals surface area contributed by atoms with Gasteiger partial charge in [0.25, 0.3) is 0 Å². The molecule has 1 N–H and O–H groups in total. The standard InChI is InChI=1S/C48H56FN3O9S/c1-27-6-4-5-7-33-24-48(33,47(56)51-62(57,58)38-13-14-38)25-43(53)42-22-37(26-52(42)46(55)40(28(2)16-27)23-44(54)60-36-18-30-17-31(30)19-36)61-45-39-15-12-35(59-3)20-32(39)21-41(50-45)29-8-10-34(49)11-9-29/h5,7-12,15,20-21,27-28,30-31,33,36-38,40,42H,4,6,13-14,16-19,22-26H2,1-3H3,(H,51,56)/b7-5-/t27-,28-,30-,31+,33-,36?,37-,40+,42+,48-/m1/s1. The van der Waals surface area contributed by atoms with Crippen LogP contribution in [0.4, 0.5) is 4.39 Å². The van der Waals surface area contributed by atoms with Crippen molar-refractivity contribution in [3.63, 3.8) is 0 Å². The van der Waals surface area contributed by atoms with E-state index in [2.05, 4.69) is 11.6 Å². The summed E-state index contributed by atoms with van der Waals surface area (Å²) in [6.07, 6.45) is 9.14. The summed E-state index contributed by atoms with van der Waals surface area (Å²) in [5.41, 5.74) is -0.115. The van der Waals surface area contributed by atoms with Crippen LogP contribution in [0.1, 0.15) is 90.9 Å². The van der Waals surface area contributed by atoms with Gasteiger partial charge >= 0.3 is 5.97 Å². The molecular weight excluding hydrogens is 814 g/mol. The molecule has 5 fully saturated rings. The normalized spacial score (nSPS) is 32.7. The topological polar surface area (TPSA) is 158 Å².